The number of aromatic carboxylic acids is 1. The first-order chi connectivity index (χ1) is 15.7. The Morgan fingerprint density at radius 2 is 1.58 bits per heavy atom. The number of benzene rings is 2. The minimum atomic E-state index is -3.91. The van der Waals surface area contributed by atoms with Gasteiger partial charge in [0.2, 0.25) is 10.0 Å². The van der Waals surface area contributed by atoms with Gasteiger partial charge in [-0.15, -0.1) is 0 Å². The summed E-state index contributed by atoms with van der Waals surface area (Å²) in [6, 6.07) is 12.3. The van der Waals surface area contributed by atoms with E-state index in [1.807, 2.05) is 44.4 Å². The molecule has 8 heteroatoms. The lowest BCUT2D eigenvalue weighted by molar-refractivity contribution is 0.0696. The second-order valence-corrected chi connectivity index (χ2v) is 10.2. The first kappa shape index (κ1) is 26.8. The van der Waals surface area contributed by atoms with Crippen LogP contribution in [0.2, 0.25) is 0 Å². The highest BCUT2D eigenvalue weighted by Gasteiger charge is 2.30. The summed E-state index contributed by atoms with van der Waals surface area (Å²) in [6.07, 6.45) is 1.89. The van der Waals surface area contributed by atoms with Crippen LogP contribution in [0.5, 0.6) is 0 Å². The van der Waals surface area contributed by atoms with Crippen LogP contribution in [-0.4, -0.2) is 75.5 Å². The van der Waals surface area contributed by atoms with Gasteiger partial charge in [-0.05, 0) is 38.2 Å². The smallest absolute Gasteiger partial charge is 0.335 e. The number of sulfonamides is 1. The Morgan fingerprint density at radius 1 is 0.939 bits per heavy atom. The van der Waals surface area contributed by atoms with Gasteiger partial charge in [0.25, 0.3) is 0 Å². The zero-order valence-electron chi connectivity index (χ0n) is 20.4. The van der Waals surface area contributed by atoms with Gasteiger partial charge >= 0.3 is 5.97 Å². The Kier molecular flexibility index (Phi) is 9.88. The molecule has 7 nitrogen and oxygen atoms in total. The van der Waals surface area contributed by atoms with Crippen molar-refractivity contribution in [2.75, 3.05) is 51.7 Å². The predicted octanol–water partition coefficient (Wildman–Crippen LogP) is 4.25. The molecular weight excluding hydrogens is 438 g/mol. The zero-order valence-corrected chi connectivity index (χ0v) is 21.2. The Morgan fingerprint density at radius 3 is 2.09 bits per heavy atom. The molecule has 0 aliphatic rings. The SMILES string of the molecule is CCCCN(CCN(C)C)c1cc(C(=O)O)cc(S(=O)(=O)N(CC)CC)c1-c1ccccc1. The van der Waals surface area contributed by atoms with Crippen molar-refractivity contribution in [2.45, 2.75) is 38.5 Å². The van der Waals surface area contributed by atoms with Gasteiger partial charge in [-0.25, -0.2) is 13.2 Å². The van der Waals surface area contributed by atoms with E-state index in [9.17, 15) is 18.3 Å². The number of anilines is 1. The lowest BCUT2D eigenvalue weighted by Crippen LogP contribution is -2.34. The highest BCUT2D eigenvalue weighted by molar-refractivity contribution is 7.89. The van der Waals surface area contributed by atoms with Crippen LogP contribution in [0.4, 0.5) is 5.69 Å². The minimum absolute atomic E-state index is 0.0261. The van der Waals surface area contributed by atoms with E-state index in [1.165, 1.54) is 10.4 Å². The van der Waals surface area contributed by atoms with Crippen molar-refractivity contribution in [3.8, 4) is 11.1 Å². The molecule has 33 heavy (non-hydrogen) atoms. The summed E-state index contributed by atoms with van der Waals surface area (Å²) >= 11 is 0. The summed E-state index contributed by atoms with van der Waals surface area (Å²) < 4.78 is 28.8. The van der Waals surface area contributed by atoms with E-state index in [0.29, 0.717) is 37.4 Å². The number of nitrogens with zero attached hydrogens (tertiary/aromatic N) is 3. The molecule has 0 unspecified atom stereocenters. The van der Waals surface area contributed by atoms with Crippen LogP contribution in [-0.2, 0) is 10.0 Å². The fourth-order valence-electron chi connectivity index (χ4n) is 3.80. The van der Waals surface area contributed by atoms with Crippen molar-refractivity contribution in [1.82, 2.24) is 9.21 Å². The van der Waals surface area contributed by atoms with Gasteiger partial charge in [-0.3, -0.25) is 0 Å². The number of hydrogen-bond donors (Lipinski definition) is 1. The van der Waals surface area contributed by atoms with E-state index in [2.05, 4.69) is 16.7 Å². The summed E-state index contributed by atoms with van der Waals surface area (Å²) in [5.74, 6) is -1.14. The van der Waals surface area contributed by atoms with Crippen LogP contribution < -0.4 is 4.90 Å². The molecule has 2 aromatic rings. The Balaban J connectivity index is 2.91. The molecule has 2 aromatic carbocycles. The molecule has 0 aliphatic carbocycles. The number of likely N-dealkylation sites (N-methyl/N-ethyl adjacent to an activating group) is 1. The van der Waals surface area contributed by atoms with E-state index >= 15 is 0 Å². The van der Waals surface area contributed by atoms with Crippen molar-refractivity contribution in [1.29, 1.82) is 0 Å². The quantitative estimate of drug-likeness (QED) is 0.466. The van der Waals surface area contributed by atoms with E-state index in [-0.39, 0.29) is 10.5 Å². The first-order valence-corrected chi connectivity index (χ1v) is 13.0. The Labute approximate surface area is 198 Å². The molecule has 0 atom stereocenters. The summed E-state index contributed by atoms with van der Waals surface area (Å²) in [5, 5.41) is 9.85. The summed E-state index contributed by atoms with van der Waals surface area (Å²) in [7, 11) is 0.0614. The molecule has 0 radical (unpaired) electrons. The number of carbonyl (C=O) groups is 1. The number of hydrogen-bond acceptors (Lipinski definition) is 5. The second kappa shape index (κ2) is 12.2. The van der Waals surface area contributed by atoms with Gasteiger partial charge in [0.15, 0.2) is 0 Å². The lowest BCUT2D eigenvalue weighted by Gasteiger charge is -2.31. The third kappa shape index (κ3) is 6.56. The van der Waals surface area contributed by atoms with Gasteiger partial charge < -0.3 is 14.9 Å². The molecule has 2 rings (SSSR count). The van der Waals surface area contributed by atoms with E-state index in [4.69, 9.17) is 0 Å². The third-order valence-corrected chi connectivity index (χ3v) is 7.73. The number of carboxylic acids is 1. The van der Waals surface area contributed by atoms with Crippen LogP contribution in [0.3, 0.4) is 0 Å². The molecule has 0 spiro atoms. The van der Waals surface area contributed by atoms with E-state index in [1.54, 1.807) is 19.9 Å². The summed E-state index contributed by atoms with van der Waals surface area (Å²) in [5.41, 5.74) is 1.92. The zero-order chi connectivity index (χ0) is 24.6. The maximum atomic E-state index is 13.7. The molecule has 0 fully saturated rings. The van der Waals surface area contributed by atoms with Crippen molar-refractivity contribution < 1.29 is 18.3 Å². The molecule has 0 heterocycles. The van der Waals surface area contributed by atoms with Crippen LogP contribution in [0.1, 0.15) is 44.0 Å². The average Bonchev–Trinajstić information content (AvgIpc) is 2.79. The molecule has 1 N–H and O–H groups in total. The fourth-order valence-corrected chi connectivity index (χ4v) is 5.51. The number of rotatable bonds is 13. The lowest BCUT2D eigenvalue weighted by atomic mass is 10.00. The molecule has 0 amide bonds. The fraction of sp³-hybridized carbons (Fsp3) is 0.480. The van der Waals surface area contributed by atoms with Crippen molar-refractivity contribution in [2.24, 2.45) is 0 Å². The highest BCUT2D eigenvalue weighted by Crippen LogP contribution is 2.39. The summed E-state index contributed by atoms with van der Waals surface area (Å²) in [6.45, 7) is 8.41. The van der Waals surface area contributed by atoms with Crippen LogP contribution in [0, 0.1) is 0 Å². The monoisotopic (exact) mass is 475 g/mol. The molecule has 0 saturated carbocycles. The standard InChI is InChI=1S/C25H37N3O4S/c1-6-9-15-27(17-16-26(4)5)22-18-21(25(29)30)19-23(33(31,32)28(7-2)8-3)24(22)20-13-11-10-12-14-20/h10-14,18-19H,6-9,15-17H2,1-5H3,(H,29,30). The van der Waals surface area contributed by atoms with Crippen LogP contribution in [0.25, 0.3) is 11.1 Å². The van der Waals surface area contributed by atoms with Crippen molar-refractivity contribution in [3.63, 3.8) is 0 Å². The highest BCUT2D eigenvalue weighted by atomic mass is 32.2. The predicted molar refractivity (Wildman–Crippen MR) is 135 cm³/mol. The van der Waals surface area contributed by atoms with Crippen LogP contribution >= 0.6 is 0 Å². The van der Waals surface area contributed by atoms with Gasteiger partial charge in [0.05, 0.1) is 10.5 Å². The first-order valence-electron chi connectivity index (χ1n) is 11.5. The molecule has 0 saturated heterocycles. The maximum Gasteiger partial charge on any atom is 0.335 e. The molecule has 182 valence electrons. The van der Waals surface area contributed by atoms with Gasteiger partial charge in [0, 0.05) is 44.0 Å². The molecular formula is C25H37N3O4S. The van der Waals surface area contributed by atoms with Gasteiger partial charge in [-0.2, -0.15) is 4.31 Å². The largest absolute Gasteiger partial charge is 0.478 e. The average molecular weight is 476 g/mol. The van der Waals surface area contributed by atoms with Gasteiger partial charge in [-0.1, -0.05) is 57.5 Å². The number of unbranched alkanes of at least 4 members (excludes halogenated alkanes) is 1. The van der Waals surface area contributed by atoms with Crippen molar-refractivity contribution >= 4 is 21.7 Å². The Bertz CT molecular complexity index is 1020. The van der Waals surface area contributed by atoms with Crippen LogP contribution in [0.15, 0.2) is 47.4 Å². The maximum absolute atomic E-state index is 13.7. The molecule has 0 bridgehead atoms. The third-order valence-electron chi connectivity index (χ3n) is 5.65. The Hall–Kier alpha value is -2.42. The molecule has 0 aliphatic heterocycles. The van der Waals surface area contributed by atoms with Gasteiger partial charge in [0.1, 0.15) is 0 Å². The van der Waals surface area contributed by atoms with E-state index in [0.717, 1.165) is 24.9 Å². The summed E-state index contributed by atoms with van der Waals surface area (Å²) in [4.78, 5) is 16.3. The number of carboxylic acid groups (broad SMARTS) is 1. The topological polar surface area (TPSA) is 81.2 Å². The second-order valence-electron chi connectivity index (χ2n) is 8.27. The minimum Gasteiger partial charge on any atom is -0.478 e. The molecule has 0 aromatic heterocycles. The van der Waals surface area contributed by atoms with Crippen molar-refractivity contribution in [3.05, 3.63) is 48.0 Å². The normalized spacial score (nSPS) is 11.8. The van der Waals surface area contributed by atoms with E-state index < -0.39 is 16.0 Å².